The van der Waals surface area contributed by atoms with Crippen LogP contribution in [0.25, 0.3) is 0 Å². The van der Waals surface area contributed by atoms with Crippen molar-refractivity contribution in [1.82, 2.24) is 9.80 Å². The molecule has 8 heteroatoms. The highest BCUT2D eigenvalue weighted by Crippen LogP contribution is 2.66. The van der Waals surface area contributed by atoms with Gasteiger partial charge < -0.3 is 24.5 Å². The molecule has 7 atom stereocenters. The molecule has 3 aromatic carbocycles. The Morgan fingerprint density at radius 3 is 2.16 bits per heavy atom. The third-order valence-electron chi connectivity index (χ3n) is 11.1. The maximum Gasteiger partial charge on any atom is 0.253 e. The number of aliphatic hydroxyl groups excluding tert-OH is 1. The predicted octanol–water partition coefficient (Wildman–Crippen LogP) is 5.78. The number of hydrogen-bond acceptors (Lipinski definition) is 5. The number of benzene rings is 3. The number of anilines is 1. The molecule has 3 aliphatic heterocycles. The van der Waals surface area contributed by atoms with Crippen LogP contribution >= 0.6 is 0 Å². The van der Waals surface area contributed by atoms with E-state index in [1.165, 1.54) is 0 Å². The number of ether oxygens (including phenoxy) is 1. The molecule has 3 heterocycles. The Morgan fingerprint density at radius 1 is 0.959 bits per heavy atom. The summed E-state index contributed by atoms with van der Waals surface area (Å²) in [4.78, 5) is 50.4. The lowest BCUT2D eigenvalue weighted by Gasteiger charge is -2.40. The molecular formula is C41H47N3O5. The first-order chi connectivity index (χ1) is 23.5. The molecule has 0 aromatic heterocycles. The van der Waals surface area contributed by atoms with Crippen LogP contribution in [-0.4, -0.2) is 69.6 Å². The molecule has 0 radical (unpaired) electrons. The van der Waals surface area contributed by atoms with Crippen molar-refractivity contribution in [2.24, 2.45) is 17.8 Å². The molecule has 1 N–H and O–H groups in total. The Morgan fingerprint density at radius 2 is 1.57 bits per heavy atom. The Hall–Kier alpha value is -4.53. The van der Waals surface area contributed by atoms with E-state index in [0.717, 1.165) is 22.4 Å². The second kappa shape index (κ2) is 13.4. The van der Waals surface area contributed by atoms with Crippen LogP contribution in [0.1, 0.15) is 48.6 Å². The first-order valence-corrected chi connectivity index (χ1v) is 17.1. The van der Waals surface area contributed by atoms with Gasteiger partial charge in [0.2, 0.25) is 11.8 Å². The van der Waals surface area contributed by atoms with Gasteiger partial charge in [0.1, 0.15) is 11.6 Å². The molecule has 0 aliphatic carbocycles. The number of aliphatic hydroxyl groups is 1. The molecule has 6 rings (SSSR count). The highest BCUT2D eigenvalue weighted by atomic mass is 16.5. The number of amides is 3. The number of aryl methyl sites for hydroxylation is 2. The summed E-state index contributed by atoms with van der Waals surface area (Å²) in [7, 11) is 0. The number of likely N-dealkylation sites (tertiary alicyclic amines) is 1. The summed E-state index contributed by atoms with van der Waals surface area (Å²) in [6.45, 7) is 16.2. The Balaban J connectivity index is 1.52. The van der Waals surface area contributed by atoms with Gasteiger partial charge in [0.05, 0.1) is 30.1 Å². The third-order valence-corrected chi connectivity index (χ3v) is 11.1. The number of fused-ring (bicyclic) bond motifs is 1. The minimum atomic E-state index is -1.30. The minimum Gasteiger partial charge on any atom is -0.394 e. The lowest BCUT2D eigenvalue weighted by Crippen LogP contribution is -2.58. The van der Waals surface area contributed by atoms with Crippen LogP contribution in [0.2, 0.25) is 0 Å². The second-order valence-electron chi connectivity index (χ2n) is 14.0. The fourth-order valence-electron chi connectivity index (χ4n) is 8.89. The molecule has 3 amide bonds. The maximum absolute atomic E-state index is 15.4. The van der Waals surface area contributed by atoms with Gasteiger partial charge in [0.15, 0.2) is 0 Å². The monoisotopic (exact) mass is 661 g/mol. The SMILES string of the molecule is C=CCN(Cc1ccccc1)C(=O)[C@H]1[C@H]2C(=O)N([C@H](CO)c3ccccc3)C(C(=O)N(CC=C)c3c(C)cccc3C)C23CC(C)[C@]1(C)O3. The summed E-state index contributed by atoms with van der Waals surface area (Å²) in [6.07, 6.45) is 3.79. The Kier molecular flexibility index (Phi) is 9.40. The average molecular weight is 662 g/mol. The van der Waals surface area contributed by atoms with Gasteiger partial charge in [0.25, 0.3) is 5.91 Å². The zero-order valence-corrected chi connectivity index (χ0v) is 28.9. The Labute approximate surface area is 289 Å². The molecule has 3 unspecified atom stereocenters. The van der Waals surface area contributed by atoms with Crippen molar-refractivity contribution in [3.8, 4) is 0 Å². The first kappa shape index (κ1) is 34.3. The van der Waals surface area contributed by atoms with E-state index in [-0.39, 0.29) is 36.7 Å². The molecule has 256 valence electrons. The van der Waals surface area contributed by atoms with Crippen LogP contribution < -0.4 is 4.90 Å². The van der Waals surface area contributed by atoms with Crippen LogP contribution in [-0.2, 0) is 25.7 Å². The van der Waals surface area contributed by atoms with Crippen molar-refractivity contribution in [3.63, 3.8) is 0 Å². The number of rotatable bonds is 12. The highest BCUT2D eigenvalue weighted by molar-refractivity contribution is 6.06. The predicted molar refractivity (Wildman–Crippen MR) is 190 cm³/mol. The molecule has 1 spiro atoms. The molecule has 8 nitrogen and oxygen atoms in total. The smallest absolute Gasteiger partial charge is 0.253 e. The van der Waals surface area contributed by atoms with Gasteiger partial charge in [-0.2, -0.15) is 0 Å². The van der Waals surface area contributed by atoms with Crippen molar-refractivity contribution in [2.45, 2.75) is 63.9 Å². The van der Waals surface area contributed by atoms with Crippen molar-refractivity contribution < 1.29 is 24.2 Å². The average Bonchev–Trinajstić information content (AvgIpc) is 3.61. The summed E-state index contributed by atoms with van der Waals surface area (Å²) in [5.74, 6) is -2.80. The molecule has 3 aliphatic rings. The van der Waals surface area contributed by atoms with E-state index in [2.05, 4.69) is 13.2 Å². The van der Waals surface area contributed by atoms with Crippen LogP contribution in [0.3, 0.4) is 0 Å². The topological polar surface area (TPSA) is 90.4 Å². The summed E-state index contributed by atoms with van der Waals surface area (Å²) in [6, 6.07) is 22.9. The summed E-state index contributed by atoms with van der Waals surface area (Å²) in [5.41, 5.74) is 1.93. The van der Waals surface area contributed by atoms with Gasteiger partial charge in [-0.05, 0) is 55.4 Å². The zero-order valence-electron chi connectivity index (χ0n) is 28.9. The molecule has 3 saturated heterocycles. The summed E-state index contributed by atoms with van der Waals surface area (Å²) >= 11 is 0. The largest absolute Gasteiger partial charge is 0.394 e. The van der Waals surface area contributed by atoms with E-state index >= 15 is 9.59 Å². The molecular weight excluding hydrogens is 614 g/mol. The van der Waals surface area contributed by atoms with Crippen LogP contribution in [0, 0.1) is 31.6 Å². The second-order valence-corrected chi connectivity index (χ2v) is 14.0. The highest BCUT2D eigenvalue weighted by Gasteiger charge is 2.80. The fourth-order valence-corrected chi connectivity index (χ4v) is 8.89. The van der Waals surface area contributed by atoms with Gasteiger partial charge in [0, 0.05) is 25.3 Å². The molecule has 3 aromatic rings. The number of nitrogens with zero attached hydrogens (tertiary/aromatic N) is 3. The van der Waals surface area contributed by atoms with Gasteiger partial charge >= 0.3 is 0 Å². The number of para-hydroxylation sites is 1. The quantitative estimate of drug-likeness (QED) is 0.249. The summed E-state index contributed by atoms with van der Waals surface area (Å²) < 4.78 is 7.09. The molecule has 3 fully saturated rings. The van der Waals surface area contributed by atoms with Gasteiger partial charge in [-0.3, -0.25) is 14.4 Å². The van der Waals surface area contributed by atoms with Crippen molar-refractivity contribution in [3.05, 3.63) is 126 Å². The van der Waals surface area contributed by atoms with Crippen molar-refractivity contribution in [2.75, 3.05) is 24.6 Å². The van der Waals surface area contributed by atoms with E-state index in [0.29, 0.717) is 18.5 Å². The zero-order chi connectivity index (χ0) is 35.1. The van der Waals surface area contributed by atoms with E-state index < -0.39 is 41.7 Å². The first-order valence-electron chi connectivity index (χ1n) is 17.1. The van der Waals surface area contributed by atoms with Crippen LogP contribution in [0.5, 0.6) is 0 Å². The van der Waals surface area contributed by atoms with E-state index in [1.54, 1.807) is 26.9 Å². The van der Waals surface area contributed by atoms with E-state index in [9.17, 15) is 9.90 Å². The fraction of sp³-hybridized carbons (Fsp3) is 0.390. The molecule has 49 heavy (non-hydrogen) atoms. The Bertz CT molecular complexity index is 1720. The lowest BCUT2D eigenvalue weighted by atomic mass is 9.62. The minimum absolute atomic E-state index is 0.139. The standard InChI is InChI=1S/C41H47N3O5/c1-7-22-42(25-30-18-11-9-12-19-30)37(46)33-34-38(47)44(32(26-45)31-20-13-10-14-21-31)36(41(34)24-29(5)40(33,6)49-41)39(48)43(23-8-2)35-27(3)16-15-17-28(35)4/h7-21,29,32-34,36,45H,1-2,22-26H2,3-6H3/t29?,32-,33-,34+,36?,40+,41?/m1/s1. The third kappa shape index (κ3) is 5.51. The van der Waals surface area contributed by atoms with Gasteiger partial charge in [-0.1, -0.05) is 97.9 Å². The van der Waals surface area contributed by atoms with Crippen LogP contribution in [0.15, 0.2) is 104 Å². The van der Waals surface area contributed by atoms with E-state index in [1.807, 2.05) is 107 Å². The molecule has 2 bridgehead atoms. The lowest BCUT2D eigenvalue weighted by molar-refractivity contribution is -0.154. The maximum atomic E-state index is 15.4. The van der Waals surface area contributed by atoms with Crippen molar-refractivity contribution >= 4 is 23.4 Å². The van der Waals surface area contributed by atoms with Crippen LogP contribution in [0.4, 0.5) is 5.69 Å². The normalized spacial score (nSPS) is 27.4. The van der Waals surface area contributed by atoms with Gasteiger partial charge in [-0.15, -0.1) is 13.2 Å². The molecule has 0 saturated carbocycles. The van der Waals surface area contributed by atoms with Gasteiger partial charge in [-0.25, -0.2) is 0 Å². The van der Waals surface area contributed by atoms with E-state index in [4.69, 9.17) is 4.74 Å². The number of carbonyl (C=O) groups excluding carboxylic acids is 3. The van der Waals surface area contributed by atoms with Crippen molar-refractivity contribution in [1.29, 1.82) is 0 Å². The number of carbonyl (C=O) groups is 3. The summed E-state index contributed by atoms with van der Waals surface area (Å²) in [5, 5.41) is 11.0. The number of hydrogen-bond donors (Lipinski definition) is 1.